The van der Waals surface area contributed by atoms with Crippen molar-refractivity contribution in [3.05, 3.63) is 48.0 Å². The standard InChI is InChI=1S/C16H20FN3O2/c1-16(2,8-10-21)11-18-15(22)14-7-9-20(19-14)13-5-3-12(17)4-6-13/h3-7,9,21H,8,10-11H2,1-2H3,(H,18,22). The lowest BCUT2D eigenvalue weighted by Gasteiger charge is -2.23. The van der Waals surface area contributed by atoms with Gasteiger partial charge in [-0.1, -0.05) is 13.8 Å². The summed E-state index contributed by atoms with van der Waals surface area (Å²) in [4.78, 5) is 12.1. The lowest BCUT2D eigenvalue weighted by atomic mass is 9.90. The van der Waals surface area contributed by atoms with Crippen LogP contribution in [0.15, 0.2) is 36.5 Å². The second-order valence-corrected chi connectivity index (χ2v) is 5.94. The van der Waals surface area contributed by atoms with Crippen LogP contribution in [0.5, 0.6) is 0 Å². The molecule has 5 nitrogen and oxygen atoms in total. The highest BCUT2D eigenvalue weighted by Gasteiger charge is 2.19. The Hall–Kier alpha value is -2.21. The van der Waals surface area contributed by atoms with Crippen molar-refractivity contribution < 1.29 is 14.3 Å². The Morgan fingerprint density at radius 1 is 1.32 bits per heavy atom. The van der Waals surface area contributed by atoms with Crippen LogP contribution in [-0.4, -0.2) is 33.9 Å². The van der Waals surface area contributed by atoms with Gasteiger partial charge in [0.05, 0.1) is 5.69 Å². The van der Waals surface area contributed by atoms with Gasteiger partial charge < -0.3 is 10.4 Å². The van der Waals surface area contributed by atoms with Gasteiger partial charge in [0.1, 0.15) is 5.82 Å². The van der Waals surface area contributed by atoms with Crippen molar-refractivity contribution in [2.24, 2.45) is 5.41 Å². The van der Waals surface area contributed by atoms with Crippen molar-refractivity contribution in [1.29, 1.82) is 0 Å². The molecule has 0 bridgehead atoms. The molecule has 0 fully saturated rings. The predicted octanol–water partition coefficient (Wildman–Crippen LogP) is 2.15. The molecule has 1 heterocycles. The number of amides is 1. The van der Waals surface area contributed by atoms with E-state index in [2.05, 4.69) is 10.4 Å². The third kappa shape index (κ3) is 4.14. The molecule has 0 saturated heterocycles. The van der Waals surface area contributed by atoms with Crippen LogP contribution in [0.4, 0.5) is 4.39 Å². The van der Waals surface area contributed by atoms with Crippen LogP contribution in [0.2, 0.25) is 0 Å². The first kappa shape index (κ1) is 16.2. The molecule has 6 heteroatoms. The Morgan fingerprint density at radius 3 is 2.64 bits per heavy atom. The number of carbonyl (C=O) groups is 1. The molecule has 0 aliphatic rings. The summed E-state index contributed by atoms with van der Waals surface area (Å²) in [5.74, 6) is -0.591. The monoisotopic (exact) mass is 305 g/mol. The molecule has 118 valence electrons. The van der Waals surface area contributed by atoms with Crippen LogP contribution < -0.4 is 5.32 Å². The van der Waals surface area contributed by atoms with Gasteiger partial charge in [-0.2, -0.15) is 5.10 Å². The first-order chi connectivity index (χ1) is 10.4. The van der Waals surface area contributed by atoms with Gasteiger partial charge >= 0.3 is 0 Å². The Labute approximate surface area is 128 Å². The summed E-state index contributed by atoms with van der Waals surface area (Å²) in [6, 6.07) is 7.48. The zero-order chi connectivity index (χ0) is 16.2. The molecule has 0 aliphatic carbocycles. The van der Waals surface area contributed by atoms with Crippen molar-refractivity contribution in [1.82, 2.24) is 15.1 Å². The van der Waals surface area contributed by atoms with Gasteiger partial charge in [0.15, 0.2) is 5.69 Å². The molecule has 2 N–H and O–H groups in total. The van der Waals surface area contributed by atoms with Crippen LogP contribution in [-0.2, 0) is 0 Å². The molecule has 0 atom stereocenters. The Morgan fingerprint density at radius 2 is 2.00 bits per heavy atom. The smallest absolute Gasteiger partial charge is 0.271 e. The summed E-state index contributed by atoms with van der Waals surface area (Å²) in [5, 5.41) is 16.0. The number of benzene rings is 1. The average molecular weight is 305 g/mol. The summed E-state index contributed by atoms with van der Waals surface area (Å²) in [7, 11) is 0. The van der Waals surface area contributed by atoms with Gasteiger partial charge in [-0.15, -0.1) is 0 Å². The maximum absolute atomic E-state index is 12.9. The van der Waals surface area contributed by atoms with Crippen LogP contribution >= 0.6 is 0 Å². The minimum Gasteiger partial charge on any atom is -0.396 e. The first-order valence-electron chi connectivity index (χ1n) is 7.12. The summed E-state index contributed by atoms with van der Waals surface area (Å²) >= 11 is 0. The third-order valence-corrected chi connectivity index (χ3v) is 3.43. The van der Waals surface area contributed by atoms with Gasteiger partial charge in [-0.05, 0) is 42.2 Å². The second kappa shape index (κ2) is 6.70. The van der Waals surface area contributed by atoms with E-state index >= 15 is 0 Å². The van der Waals surface area contributed by atoms with E-state index in [9.17, 15) is 9.18 Å². The highest BCUT2D eigenvalue weighted by atomic mass is 19.1. The van der Waals surface area contributed by atoms with Crippen molar-refractivity contribution in [3.8, 4) is 5.69 Å². The molecule has 0 unspecified atom stereocenters. The lowest BCUT2D eigenvalue weighted by Crippen LogP contribution is -2.34. The molecular weight excluding hydrogens is 285 g/mol. The van der Waals surface area contributed by atoms with Gasteiger partial charge in [0.2, 0.25) is 0 Å². The molecule has 0 aliphatic heterocycles. The molecule has 22 heavy (non-hydrogen) atoms. The van der Waals surface area contributed by atoms with Crippen LogP contribution in [0.3, 0.4) is 0 Å². The first-order valence-corrected chi connectivity index (χ1v) is 7.12. The third-order valence-electron chi connectivity index (χ3n) is 3.43. The van der Waals surface area contributed by atoms with E-state index in [0.29, 0.717) is 24.3 Å². The number of aromatic nitrogens is 2. The second-order valence-electron chi connectivity index (χ2n) is 5.94. The summed E-state index contributed by atoms with van der Waals surface area (Å²) in [6.45, 7) is 4.49. The molecule has 1 aromatic heterocycles. The minimum atomic E-state index is -0.319. The fourth-order valence-electron chi connectivity index (χ4n) is 1.98. The fourth-order valence-corrected chi connectivity index (χ4v) is 1.98. The number of nitrogens with one attached hydrogen (secondary N) is 1. The number of halogens is 1. The predicted molar refractivity (Wildman–Crippen MR) is 81.3 cm³/mol. The molecule has 0 radical (unpaired) electrons. The molecular formula is C16H20FN3O2. The Balaban J connectivity index is 2.02. The maximum Gasteiger partial charge on any atom is 0.271 e. The molecule has 0 spiro atoms. The Bertz CT molecular complexity index is 635. The number of carbonyl (C=O) groups excluding carboxylic acids is 1. The van der Waals surface area contributed by atoms with Gasteiger partial charge in [0.25, 0.3) is 5.91 Å². The topological polar surface area (TPSA) is 67.2 Å². The van der Waals surface area contributed by atoms with Crippen molar-refractivity contribution in [2.75, 3.05) is 13.2 Å². The normalized spacial score (nSPS) is 11.5. The zero-order valence-electron chi connectivity index (χ0n) is 12.7. The SMILES string of the molecule is CC(C)(CCO)CNC(=O)c1ccn(-c2ccc(F)cc2)n1. The van der Waals surface area contributed by atoms with E-state index in [4.69, 9.17) is 5.11 Å². The van der Waals surface area contributed by atoms with E-state index < -0.39 is 0 Å². The molecule has 2 rings (SSSR count). The number of nitrogens with zero attached hydrogens (tertiary/aromatic N) is 2. The fraction of sp³-hybridized carbons (Fsp3) is 0.375. The van der Waals surface area contributed by atoms with Crippen molar-refractivity contribution >= 4 is 5.91 Å². The van der Waals surface area contributed by atoms with E-state index in [-0.39, 0.29) is 23.7 Å². The summed E-state index contributed by atoms with van der Waals surface area (Å²) < 4.78 is 14.4. The molecule has 0 saturated carbocycles. The lowest BCUT2D eigenvalue weighted by molar-refractivity contribution is 0.0923. The highest BCUT2D eigenvalue weighted by Crippen LogP contribution is 2.18. The quantitative estimate of drug-likeness (QED) is 0.859. The maximum atomic E-state index is 12.9. The van der Waals surface area contributed by atoms with E-state index in [1.165, 1.54) is 16.8 Å². The molecule has 2 aromatic rings. The summed E-state index contributed by atoms with van der Waals surface area (Å²) in [6.07, 6.45) is 2.26. The van der Waals surface area contributed by atoms with Crippen LogP contribution in [0.1, 0.15) is 30.8 Å². The van der Waals surface area contributed by atoms with Crippen molar-refractivity contribution in [2.45, 2.75) is 20.3 Å². The number of hydrogen-bond acceptors (Lipinski definition) is 3. The number of aliphatic hydroxyl groups is 1. The van der Waals surface area contributed by atoms with E-state index in [1.807, 2.05) is 13.8 Å². The zero-order valence-corrected chi connectivity index (χ0v) is 12.7. The number of aliphatic hydroxyl groups excluding tert-OH is 1. The molecule has 1 amide bonds. The van der Waals surface area contributed by atoms with Crippen LogP contribution in [0.25, 0.3) is 5.69 Å². The largest absolute Gasteiger partial charge is 0.396 e. The van der Waals surface area contributed by atoms with Crippen molar-refractivity contribution in [3.63, 3.8) is 0 Å². The Kier molecular flexibility index (Phi) is 4.92. The molecule has 1 aromatic carbocycles. The van der Waals surface area contributed by atoms with Gasteiger partial charge in [-0.25, -0.2) is 9.07 Å². The average Bonchev–Trinajstić information content (AvgIpc) is 2.95. The van der Waals surface area contributed by atoms with E-state index in [1.54, 1.807) is 24.4 Å². The van der Waals surface area contributed by atoms with E-state index in [0.717, 1.165) is 0 Å². The highest BCUT2D eigenvalue weighted by molar-refractivity contribution is 5.92. The van der Waals surface area contributed by atoms with Crippen LogP contribution in [0, 0.1) is 11.2 Å². The summed E-state index contributed by atoms with van der Waals surface area (Å²) in [5.41, 5.74) is 0.800. The number of hydrogen-bond donors (Lipinski definition) is 2. The number of rotatable bonds is 6. The van der Waals surface area contributed by atoms with Gasteiger partial charge in [-0.3, -0.25) is 4.79 Å². The minimum absolute atomic E-state index is 0.0854. The van der Waals surface area contributed by atoms with Gasteiger partial charge in [0, 0.05) is 19.3 Å².